The van der Waals surface area contributed by atoms with E-state index >= 15 is 0 Å². The number of alkyl carbamates (subject to hydrolysis) is 1. The molecule has 19 heteroatoms. The van der Waals surface area contributed by atoms with Gasteiger partial charge in [0.15, 0.2) is 24.2 Å². The van der Waals surface area contributed by atoms with Gasteiger partial charge in [-0.2, -0.15) is 0 Å². The molecule has 19 nitrogen and oxygen atoms in total. The fourth-order valence-corrected chi connectivity index (χ4v) is 6.69. The highest BCUT2D eigenvalue weighted by molar-refractivity contribution is 5.89. The third kappa shape index (κ3) is 10.7. The minimum Gasteiger partial charge on any atom is -0.469 e. The molecule has 4 fully saturated rings. The second-order valence-electron chi connectivity index (χ2n) is 15.4. The highest BCUT2D eigenvalue weighted by Crippen LogP contribution is 2.41. The summed E-state index contributed by atoms with van der Waals surface area (Å²) in [4.78, 5) is 65.3. The van der Waals surface area contributed by atoms with E-state index in [4.69, 9.17) is 47.4 Å². The van der Waals surface area contributed by atoms with Gasteiger partial charge in [-0.15, -0.1) is 0 Å². The molecule has 0 aromatic carbocycles. The van der Waals surface area contributed by atoms with E-state index in [9.17, 15) is 24.0 Å². The number of hydrogen-bond acceptors (Lipinski definition) is 15. The molecule has 302 valence electrons. The Morgan fingerprint density at radius 1 is 0.660 bits per heavy atom. The Kier molecular flexibility index (Phi) is 13.4. The summed E-state index contributed by atoms with van der Waals surface area (Å²) < 4.78 is 57.4. The molecule has 0 radical (unpaired) electrons. The first-order valence-electron chi connectivity index (χ1n) is 17.6. The largest absolute Gasteiger partial charge is 0.469 e. The standard InChI is InChI=1S/C34H56N4O15/c1-15(27(41)38-18(14-20(40)44-10)22-24(46-12)26-30(48-22)52-34(8,9)50-26)35-19(39)13-17(37-28(42)16(2)36-31(43)53-32(3,4)5)21-23(45-11)25-29(47-21)51-33(6,7)49-25/h15-18,21-26,29-30H,13-14H2,1-12H3,(H,35,39)(H,36,43)(H,37,42)(H,38,41)/t15-,16-,17+,18+,21+,22+,23-,24-,25+,26+,29+,30+/m0/s1. The fourth-order valence-electron chi connectivity index (χ4n) is 6.69. The first-order chi connectivity index (χ1) is 24.6. The number of amides is 4. The molecule has 12 atom stereocenters. The van der Waals surface area contributed by atoms with Gasteiger partial charge >= 0.3 is 12.1 Å². The van der Waals surface area contributed by atoms with Crippen molar-refractivity contribution < 1.29 is 71.3 Å². The number of nitrogens with one attached hydrogen (secondary N) is 4. The highest BCUT2D eigenvalue weighted by atomic mass is 16.9. The molecular formula is C34H56N4O15. The molecule has 4 amide bonds. The van der Waals surface area contributed by atoms with Crippen LogP contribution in [0.25, 0.3) is 0 Å². The van der Waals surface area contributed by atoms with Crippen molar-refractivity contribution in [3.05, 3.63) is 0 Å². The molecule has 4 rings (SSSR count). The Bertz CT molecular complexity index is 1360. The van der Waals surface area contributed by atoms with Gasteiger partial charge in [0.1, 0.15) is 54.3 Å². The normalized spacial score (nSPS) is 32.0. The van der Waals surface area contributed by atoms with Crippen LogP contribution in [0.15, 0.2) is 0 Å². The lowest BCUT2D eigenvalue weighted by molar-refractivity contribution is -0.220. The molecule has 4 aliphatic heterocycles. The lowest BCUT2D eigenvalue weighted by Gasteiger charge is -2.32. The summed E-state index contributed by atoms with van der Waals surface area (Å²) in [6.07, 6.45) is -7.72. The van der Waals surface area contributed by atoms with Crippen molar-refractivity contribution in [3.63, 3.8) is 0 Å². The average molecular weight is 761 g/mol. The van der Waals surface area contributed by atoms with E-state index in [1.54, 1.807) is 48.5 Å². The second-order valence-corrected chi connectivity index (χ2v) is 15.4. The molecule has 4 aliphatic rings. The number of ether oxygens (including phenoxy) is 10. The summed E-state index contributed by atoms with van der Waals surface area (Å²) in [6.45, 7) is 14.9. The van der Waals surface area contributed by atoms with Gasteiger partial charge in [0.25, 0.3) is 0 Å². The smallest absolute Gasteiger partial charge is 0.408 e. The van der Waals surface area contributed by atoms with E-state index in [0.29, 0.717) is 0 Å². The molecule has 4 N–H and O–H groups in total. The Hall–Kier alpha value is -3.17. The van der Waals surface area contributed by atoms with Gasteiger partial charge in [-0.3, -0.25) is 19.2 Å². The van der Waals surface area contributed by atoms with E-state index in [2.05, 4.69) is 21.3 Å². The minimum atomic E-state index is -1.13. The van der Waals surface area contributed by atoms with Crippen LogP contribution in [0.2, 0.25) is 0 Å². The minimum absolute atomic E-state index is 0.277. The maximum Gasteiger partial charge on any atom is 0.408 e. The zero-order valence-corrected chi connectivity index (χ0v) is 32.5. The van der Waals surface area contributed by atoms with Crippen molar-refractivity contribution in [3.8, 4) is 0 Å². The molecule has 0 unspecified atom stereocenters. The average Bonchev–Trinajstić information content (AvgIpc) is 3.72. The van der Waals surface area contributed by atoms with Crippen LogP contribution >= 0.6 is 0 Å². The lowest BCUT2D eigenvalue weighted by atomic mass is 9.99. The van der Waals surface area contributed by atoms with Crippen LogP contribution in [0.3, 0.4) is 0 Å². The van der Waals surface area contributed by atoms with Crippen LogP contribution in [0.5, 0.6) is 0 Å². The number of hydrogen-bond donors (Lipinski definition) is 4. The van der Waals surface area contributed by atoms with E-state index in [1.807, 2.05) is 0 Å². The Labute approximate surface area is 309 Å². The van der Waals surface area contributed by atoms with Gasteiger partial charge in [-0.25, -0.2) is 4.79 Å². The first-order valence-corrected chi connectivity index (χ1v) is 17.6. The topological polar surface area (TPSA) is 226 Å². The van der Waals surface area contributed by atoms with Gasteiger partial charge in [-0.05, 0) is 62.3 Å². The first kappa shape index (κ1) is 42.6. The van der Waals surface area contributed by atoms with Crippen molar-refractivity contribution in [2.24, 2.45) is 0 Å². The maximum absolute atomic E-state index is 13.6. The van der Waals surface area contributed by atoms with Crippen LogP contribution in [0, 0.1) is 0 Å². The van der Waals surface area contributed by atoms with Gasteiger partial charge in [0.05, 0.1) is 25.6 Å². The van der Waals surface area contributed by atoms with Crippen molar-refractivity contribution in [2.45, 2.75) is 166 Å². The van der Waals surface area contributed by atoms with Crippen molar-refractivity contribution >= 4 is 29.8 Å². The summed E-state index contributed by atoms with van der Waals surface area (Å²) in [5.74, 6) is -4.44. The zero-order valence-electron chi connectivity index (χ0n) is 32.5. The molecule has 4 heterocycles. The van der Waals surface area contributed by atoms with Crippen molar-refractivity contribution in [2.75, 3.05) is 21.3 Å². The zero-order chi connectivity index (χ0) is 39.6. The van der Waals surface area contributed by atoms with Gasteiger partial charge < -0.3 is 68.6 Å². The lowest BCUT2D eigenvalue weighted by Crippen LogP contribution is -2.57. The molecule has 0 bridgehead atoms. The highest BCUT2D eigenvalue weighted by Gasteiger charge is 2.58. The van der Waals surface area contributed by atoms with Gasteiger partial charge in [-0.1, -0.05) is 0 Å². The third-order valence-corrected chi connectivity index (χ3v) is 8.96. The maximum atomic E-state index is 13.6. The third-order valence-electron chi connectivity index (χ3n) is 8.96. The fraction of sp³-hybridized carbons (Fsp3) is 0.853. The molecule has 0 saturated carbocycles. The summed E-state index contributed by atoms with van der Waals surface area (Å²) in [7, 11) is 4.11. The number of rotatable bonds is 14. The Balaban J connectivity index is 1.45. The SMILES string of the molecule is COC(=O)C[C@@H](NC(=O)[C@H](C)NC(=O)C[C@@H](NC(=O)[C@H](C)NC(=O)OC(C)(C)C)[C@H]1O[C@@H]2OC(C)(C)O[C@@H]2[C@H]1OC)[C@H]1O[C@@H]2OC(C)(C)O[C@@H]2[C@H]1OC. The van der Waals surface area contributed by atoms with Crippen molar-refractivity contribution in [1.29, 1.82) is 0 Å². The van der Waals surface area contributed by atoms with E-state index in [1.165, 1.54) is 35.2 Å². The second kappa shape index (κ2) is 16.7. The molecule has 0 aromatic heterocycles. The predicted octanol–water partition coefficient (Wildman–Crippen LogP) is 0.110. The Morgan fingerprint density at radius 3 is 1.51 bits per heavy atom. The molecule has 53 heavy (non-hydrogen) atoms. The van der Waals surface area contributed by atoms with Crippen LogP contribution in [0.1, 0.15) is 75.2 Å². The van der Waals surface area contributed by atoms with Crippen LogP contribution in [-0.2, 0) is 66.5 Å². The van der Waals surface area contributed by atoms with Crippen molar-refractivity contribution in [1.82, 2.24) is 21.3 Å². The van der Waals surface area contributed by atoms with Gasteiger partial charge in [0.2, 0.25) is 17.7 Å². The monoisotopic (exact) mass is 760 g/mol. The number of methoxy groups -OCH3 is 3. The van der Waals surface area contributed by atoms with E-state index in [-0.39, 0.29) is 12.8 Å². The van der Waals surface area contributed by atoms with Crippen LogP contribution in [0.4, 0.5) is 4.79 Å². The summed E-state index contributed by atoms with van der Waals surface area (Å²) in [6, 6.07) is -4.20. The van der Waals surface area contributed by atoms with Crippen LogP contribution in [-0.4, -0.2) is 142 Å². The van der Waals surface area contributed by atoms with Crippen LogP contribution < -0.4 is 21.3 Å². The molecular weight excluding hydrogens is 704 g/mol. The van der Waals surface area contributed by atoms with E-state index < -0.39 is 120 Å². The molecule has 0 aromatic rings. The molecule has 4 saturated heterocycles. The number of fused-ring (bicyclic) bond motifs is 2. The summed E-state index contributed by atoms with van der Waals surface area (Å²) >= 11 is 0. The predicted molar refractivity (Wildman–Crippen MR) is 181 cm³/mol. The van der Waals surface area contributed by atoms with E-state index in [0.717, 1.165) is 0 Å². The number of carbonyl (C=O) groups is 5. The Morgan fingerprint density at radius 2 is 1.09 bits per heavy atom. The quantitative estimate of drug-likeness (QED) is 0.173. The molecule has 0 spiro atoms. The summed E-state index contributed by atoms with van der Waals surface area (Å²) in [5.41, 5.74) is -0.799. The number of esters is 1. The summed E-state index contributed by atoms with van der Waals surface area (Å²) in [5, 5.41) is 10.7. The van der Waals surface area contributed by atoms with Gasteiger partial charge in [0, 0.05) is 20.6 Å². The molecule has 0 aliphatic carbocycles. The number of carbonyl (C=O) groups excluding carboxylic acids is 5.